The van der Waals surface area contributed by atoms with E-state index in [0.717, 1.165) is 25.9 Å². The molecular weight excluding hydrogens is 252 g/mol. The molecule has 108 valence electrons. The van der Waals surface area contributed by atoms with Crippen LogP contribution in [-0.2, 0) is 10.2 Å². The van der Waals surface area contributed by atoms with Gasteiger partial charge in [0.2, 0.25) is 5.91 Å². The highest BCUT2D eigenvalue weighted by Gasteiger charge is 2.37. The smallest absolute Gasteiger partial charge is 0.242 e. The van der Waals surface area contributed by atoms with Gasteiger partial charge >= 0.3 is 0 Å². The average Bonchev–Trinajstić information content (AvgIpc) is 3.02. The van der Waals surface area contributed by atoms with Crippen LogP contribution in [0.2, 0.25) is 0 Å². The number of benzene rings is 1. The van der Waals surface area contributed by atoms with Crippen molar-refractivity contribution >= 4 is 5.91 Å². The van der Waals surface area contributed by atoms with Gasteiger partial charge in [-0.25, -0.2) is 10.9 Å². The molecule has 2 fully saturated rings. The predicted molar refractivity (Wildman–Crippen MR) is 77.7 cm³/mol. The van der Waals surface area contributed by atoms with Crippen LogP contribution in [0.3, 0.4) is 0 Å². The number of piperidine rings is 1. The van der Waals surface area contributed by atoms with Crippen LogP contribution in [0, 0.1) is 0 Å². The molecule has 0 aromatic heterocycles. The summed E-state index contributed by atoms with van der Waals surface area (Å²) in [5.41, 5.74) is 10.1. The maximum Gasteiger partial charge on any atom is 0.242 e. The third-order valence-electron chi connectivity index (χ3n) is 4.42. The van der Waals surface area contributed by atoms with E-state index in [2.05, 4.69) is 47.6 Å². The van der Waals surface area contributed by atoms with Crippen molar-refractivity contribution in [2.75, 3.05) is 19.6 Å². The van der Waals surface area contributed by atoms with Crippen molar-refractivity contribution in [3.63, 3.8) is 0 Å². The Hall–Kier alpha value is -1.43. The Morgan fingerprint density at radius 3 is 2.85 bits per heavy atom. The summed E-state index contributed by atoms with van der Waals surface area (Å²) >= 11 is 0. The number of rotatable bonds is 2. The Kier molecular flexibility index (Phi) is 3.74. The van der Waals surface area contributed by atoms with Gasteiger partial charge in [-0.2, -0.15) is 5.53 Å². The summed E-state index contributed by atoms with van der Waals surface area (Å²) in [6.45, 7) is 4.56. The van der Waals surface area contributed by atoms with E-state index in [4.69, 9.17) is 0 Å². The molecule has 1 aromatic carbocycles. The Morgan fingerprint density at radius 2 is 2.15 bits per heavy atom. The van der Waals surface area contributed by atoms with Crippen molar-refractivity contribution in [3.05, 3.63) is 35.9 Å². The number of amides is 1. The minimum Gasteiger partial charge on any atom is -0.340 e. The molecule has 0 bridgehead atoms. The number of carbonyl (C=O) groups is 1. The molecule has 0 saturated carbocycles. The Morgan fingerprint density at radius 1 is 1.35 bits per heavy atom. The van der Waals surface area contributed by atoms with Gasteiger partial charge in [-0.1, -0.05) is 37.3 Å². The molecule has 0 spiro atoms. The van der Waals surface area contributed by atoms with E-state index in [1.54, 1.807) is 0 Å². The first-order chi connectivity index (χ1) is 9.69. The number of hydrogen-bond acceptors (Lipinski definition) is 4. The molecule has 5 nitrogen and oxygen atoms in total. The van der Waals surface area contributed by atoms with Gasteiger partial charge in [-0.05, 0) is 18.4 Å². The minimum absolute atomic E-state index is 0.0641. The minimum atomic E-state index is -0.159. The van der Waals surface area contributed by atoms with Crippen LogP contribution in [0.25, 0.3) is 0 Å². The van der Waals surface area contributed by atoms with E-state index in [1.165, 1.54) is 5.56 Å². The lowest BCUT2D eigenvalue weighted by atomic mass is 9.76. The largest absolute Gasteiger partial charge is 0.340 e. The molecule has 2 aliphatic heterocycles. The quantitative estimate of drug-likeness (QED) is 0.737. The molecule has 2 saturated heterocycles. The van der Waals surface area contributed by atoms with Crippen molar-refractivity contribution in [1.82, 2.24) is 21.3 Å². The summed E-state index contributed by atoms with van der Waals surface area (Å²) in [7, 11) is 0. The van der Waals surface area contributed by atoms with Gasteiger partial charge in [0.25, 0.3) is 0 Å². The second-order valence-electron chi connectivity index (χ2n) is 5.99. The third kappa shape index (κ3) is 2.57. The SMILES string of the molecule is CC1(c2ccccc2)CCCN(C(=O)C2CNNN2)C1. The lowest BCUT2D eigenvalue weighted by Crippen LogP contribution is -2.53. The number of likely N-dealkylation sites (tertiary alicyclic amines) is 1. The molecule has 2 aliphatic rings. The van der Waals surface area contributed by atoms with E-state index < -0.39 is 0 Å². The fourth-order valence-corrected chi connectivity index (χ4v) is 3.22. The van der Waals surface area contributed by atoms with Crippen LogP contribution in [0.5, 0.6) is 0 Å². The maximum atomic E-state index is 12.5. The van der Waals surface area contributed by atoms with Crippen molar-refractivity contribution in [3.8, 4) is 0 Å². The number of carbonyl (C=O) groups excluding carboxylic acids is 1. The highest BCUT2D eigenvalue weighted by Crippen LogP contribution is 2.33. The van der Waals surface area contributed by atoms with Gasteiger partial charge in [0.15, 0.2) is 0 Å². The summed E-state index contributed by atoms with van der Waals surface area (Å²) in [6.07, 6.45) is 2.19. The van der Waals surface area contributed by atoms with Crippen LogP contribution >= 0.6 is 0 Å². The van der Waals surface area contributed by atoms with Gasteiger partial charge in [0, 0.05) is 25.0 Å². The van der Waals surface area contributed by atoms with Gasteiger partial charge in [-0.15, -0.1) is 0 Å². The molecule has 2 atom stereocenters. The summed E-state index contributed by atoms with van der Waals surface area (Å²) in [5, 5.41) is 0. The Balaban J connectivity index is 1.74. The zero-order valence-electron chi connectivity index (χ0n) is 11.9. The second kappa shape index (κ2) is 5.52. The van der Waals surface area contributed by atoms with Crippen molar-refractivity contribution < 1.29 is 4.79 Å². The number of nitrogens with one attached hydrogen (secondary N) is 3. The van der Waals surface area contributed by atoms with Gasteiger partial charge < -0.3 is 4.90 Å². The highest BCUT2D eigenvalue weighted by atomic mass is 16.2. The lowest BCUT2D eigenvalue weighted by molar-refractivity contribution is -0.135. The molecule has 2 heterocycles. The topological polar surface area (TPSA) is 56.4 Å². The van der Waals surface area contributed by atoms with E-state index in [0.29, 0.717) is 6.54 Å². The number of nitrogens with zero attached hydrogens (tertiary/aromatic N) is 1. The number of hydrogen-bond donors (Lipinski definition) is 3. The van der Waals surface area contributed by atoms with Crippen molar-refractivity contribution in [1.29, 1.82) is 0 Å². The molecule has 3 N–H and O–H groups in total. The maximum absolute atomic E-state index is 12.5. The zero-order valence-corrected chi connectivity index (χ0v) is 11.9. The predicted octanol–water partition coefficient (Wildman–Crippen LogP) is 0.548. The van der Waals surface area contributed by atoms with E-state index in [-0.39, 0.29) is 17.4 Å². The molecular formula is C15H22N4O. The van der Waals surface area contributed by atoms with E-state index in [9.17, 15) is 4.79 Å². The van der Waals surface area contributed by atoms with Crippen LogP contribution in [0.1, 0.15) is 25.3 Å². The molecule has 0 aliphatic carbocycles. The van der Waals surface area contributed by atoms with Gasteiger partial charge in [0.1, 0.15) is 6.04 Å². The van der Waals surface area contributed by atoms with E-state index >= 15 is 0 Å². The normalized spacial score (nSPS) is 30.4. The third-order valence-corrected chi connectivity index (χ3v) is 4.42. The van der Waals surface area contributed by atoms with Crippen molar-refractivity contribution in [2.24, 2.45) is 0 Å². The Bertz CT molecular complexity index is 472. The molecule has 1 aromatic rings. The number of hydrazine groups is 2. The first-order valence-electron chi connectivity index (χ1n) is 7.27. The molecule has 3 rings (SSSR count). The van der Waals surface area contributed by atoms with Crippen LogP contribution in [0.15, 0.2) is 30.3 Å². The Labute approximate surface area is 119 Å². The first kappa shape index (κ1) is 13.5. The summed E-state index contributed by atoms with van der Waals surface area (Å²) in [4.78, 5) is 14.5. The fraction of sp³-hybridized carbons (Fsp3) is 0.533. The summed E-state index contributed by atoms with van der Waals surface area (Å²) in [6, 6.07) is 10.4. The van der Waals surface area contributed by atoms with Crippen LogP contribution < -0.4 is 16.4 Å². The second-order valence-corrected chi connectivity index (χ2v) is 5.99. The summed E-state index contributed by atoms with van der Waals surface area (Å²) in [5.74, 6) is 0.185. The van der Waals surface area contributed by atoms with Crippen molar-refractivity contribution in [2.45, 2.75) is 31.2 Å². The standard InChI is InChI=1S/C15H22N4O/c1-15(12-6-3-2-4-7-12)8-5-9-19(11-15)14(20)13-10-16-18-17-13/h2-4,6-7,13,16-18H,5,8-11H2,1H3. The highest BCUT2D eigenvalue weighted by molar-refractivity contribution is 5.82. The monoisotopic (exact) mass is 274 g/mol. The van der Waals surface area contributed by atoms with Gasteiger partial charge in [0.05, 0.1) is 0 Å². The lowest BCUT2D eigenvalue weighted by Gasteiger charge is -2.41. The molecule has 0 radical (unpaired) electrons. The zero-order chi connectivity index (χ0) is 14.0. The van der Waals surface area contributed by atoms with Gasteiger partial charge in [-0.3, -0.25) is 4.79 Å². The van der Waals surface area contributed by atoms with Crippen LogP contribution in [0.4, 0.5) is 0 Å². The molecule has 20 heavy (non-hydrogen) atoms. The molecule has 5 heteroatoms. The first-order valence-corrected chi connectivity index (χ1v) is 7.27. The molecule has 1 amide bonds. The van der Waals surface area contributed by atoms with E-state index in [1.807, 2.05) is 11.0 Å². The molecule has 2 unspecified atom stereocenters. The fourth-order valence-electron chi connectivity index (χ4n) is 3.22. The average molecular weight is 274 g/mol. The van der Waals surface area contributed by atoms with Crippen LogP contribution in [-0.4, -0.2) is 36.5 Å². The summed E-state index contributed by atoms with van der Waals surface area (Å²) < 4.78 is 0.